The topological polar surface area (TPSA) is 43.1 Å². The molecule has 0 aliphatic heterocycles. The molecule has 2 N–H and O–H groups in total. The van der Waals surface area contributed by atoms with Gasteiger partial charge in [-0.25, -0.2) is 0 Å². The Balaban J connectivity index is 3.15. The molecule has 1 atom stereocenters. The third kappa shape index (κ3) is 2.25. The Hall–Kier alpha value is -0.480. The molecule has 13 heavy (non-hydrogen) atoms. The highest BCUT2D eigenvalue weighted by Crippen LogP contribution is 2.32. The zero-order chi connectivity index (χ0) is 10.0. The Kier molecular flexibility index (Phi) is 3.39. The van der Waals surface area contributed by atoms with Crippen LogP contribution in [0.3, 0.4) is 0 Å². The molecule has 0 heterocycles. The van der Waals surface area contributed by atoms with E-state index in [0.717, 1.165) is 5.56 Å². The van der Waals surface area contributed by atoms with E-state index in [9.17, 15) is 4.79 Å². The first kappa shape index (κ1) is 10.6. The Morgan fingerprint density at radius 3 is 2.77 bits per heavy atom. The van der Waals surface area contributed by atoms with Crippen molar-refractivity contribution in [2.24, 2.45) is 0 Å². The van der Waals surface area contributed by atoms with E-state index in [4.69, 9.17) is 5.73 Å². The van der Waals surface area contributed by atoms with E-state index in [0.29, 0.717) is 10.6 Å². The fourth-order valence-electron chi connectivity index (χ4n) is 1.00. The van der Waals surface area contributed by atoms with Crippen LogP contribution in [0.4, 0.5) is 5.69 Å². The summed E-state index contributed by atoms with van der Waals surface area (Å²) in [4.78, 5) is 11.4. The summed E-state index contributed by atoms with van der Waals surface area (Å²) in [5.74, 6) is 0.0425. The number of Topliss-reactive ketones (excluding diaryl/α,β-unsaturated/α-hetero) is 1. The maximum absolute atomic E-state index is 11.1. The number of hydrogen-bond acceptors (Lipinski definition) is 3. The molecule has 1 unspecified atom stereocenters. The average Bonchev–Trinajstić information content (AvgIpc) is 2.08. The van der Waals surface area contributed by atoms with E-state index < -0.39 is 0 Å². The van der Waals surface area contributed by atoms with Gasteiger partial charge in [0.2, 0.25) is 0 Å². The summed E-state index contributed by atoms with van der Waals surface area (Å²) in [7, 11) is 0. The van der Waals surface area contributed by atoms with Gasteiger partial charge in [0, 0.05) is 10.6 Å². The predicted octanol–water partition coefficient (Wildman–Crippen LogP) is 2.58. The number of carbonyl (C=O) groups excluding carboxylic acids is 1. The quantitative estimate of drug-likeness (QED) is 0.487. The van der Waals surface area contributed by atoms with E-state index in [1.807, 2.05) is 12.1 Å². The Morgan fingerprint density at radius 2 is 2.23 bits per heavy atom. The van der Waals surface area contributed by atoms with Crippen molar-refractivity contribution in [2.45, 2.75) is 16.6 Å². The second-order valence-electron chi connectivity index (χ2n) is 2.76. The van der Waals surface area contributed by atoms with Crippen LogP contribution in [0, 0.1) is 0 Å². The molecule has 0 bridgehead atoms. The zero-order valence-corrected chi connectivity index (χ0v) is 9.60. The van der Waals surface area contributed by atoms with E-state index in [1.165, 1.54) is 6.92 Å². The van der Waals surface area contributed by atoms with Crippen molar-refractivity contribution in [1.82, 2.24) is 0 Å². The number of thiol groups is 1. The lowest BCUT2D eigenvalue weighted by atomic mass is 10.1. The number of rotatable bonds is 2. The first-order valence-corrected chi connectivity index (χ1v) is 5.12. The van der Waals surface area contributed by atoms with Crippen LogP contribution in [0.5, 0.6) is 0 Å². The van der Waals surface area contributed by atoms with Crippen molar-refractivity contribution in [3.8, 4) is 0 Å². The molecule has 0 aliphatic carbocycles. The summed E-state index contributed by atoms with van der Waals surface area (Å²) >= 11 is 7.52. The standard InChI is InChI=1S/C9H10BrNOS/c1-5(12)8(10)6-3-2-4-7(11)9(6)13/h2-4,8,13H,11H2,1H3. The fraction of sp³-hybridized carbons (Fsp3) is 0.222. The number of halogens is 1. The highest BCUT2D eigenvalue weighted by Gasteiger charge is 2.15. The minimum Gasteiger partial charge on any atom is -0.398 e. The number of nitrogens with two attached hydrogens (primary N) is 1. The van der Waals surface area contributed by atoms with Gasteiger partial charge in [0.25, 0.3) is 0 Å². The van der Waals surface area contributed by atoms with Crippen molar-refractivity contribution in [3.05, 3.63) is 23.8 Å². The number of anilines is 1. The molecule has 4 heteroatoms. The summed E-state index contributed by atoms with van der Waals surface area (Å²) < 4.78 is 0. The van der Waals surface area contributed by atoms with Crippen molar-refractivity contribution in [1.29, 1.82) is 0 Å². The summed E-state index contributed by atoms with van der Waals surface area (Å²) in [6, 6.07) is 5.40. The maximum Gasteiger partial charge on any atom is 0.147 e. The normalized spacial score (nSPS) is 12.5. The van der Waals surface area contributed by atoms with Gasteiger partial charge in [-0.15, -0.1) is 12.6 Å². The van der Waals surface area contributed by atoms with Crippen LogP contribution in [-0.2, 0) is 4.79 Å². The molecule has 0 fully saturated rings. The van der Waals surface area contributed by atoms with Gasteiger partial charge in [-0.1, -0.05) is 28.1 Å². The van der Waals surface area contributed by atoms with Gasteiger partial charge in [0.15, 0.2) is 0 Å². The van der Waals surface area contributed by atoms with Gasteiger partial charge in [-0.05, 0) is 18.6 Å². The number of carbonyl (C=O) groups is 1. The van der Waals surface area contributed by atoms with Gasteiger partial charge < -0.3 is 5.73 Å². The van der Waals surface area contributed by atoms with Crippen LogP contribution < -0.4 is 5.73 Å². The van der Waals surface area contributed by atoms with Crippen LogP contribution in [-0.4, -0.2) is 5.78 Å². The molecule has 0 amide bonds. The number of hydrogen-bond donors (Lipinski definition) is 2. The third-order valence-electron chi connectivity index (χ3n) is 1.73. The Bertz CT molecular complexity index is 340. The van der Waals surface area contributed by atoms with Gasteiger partial charge in [0.05, 0.1) is 4.83 Å². The van der Waals surface area contributed by atoms with Crippen molar-refractivity contribution in [2.75, 3.05) is 5.73 Å². The Labute approximate surface area is 91.1 Å². The van der Waals surface area contributed by atoms with E-state index in [2.05, 4.69) is 28.6 Å². The van der Waals surface area contributed by atoms with E-state index in [-0.39, 0.29) is 10.6 Å². The van der Waals surface area contributed by atoms with Gasteiger partial charge >= 0.3 is 0 Å². The summed E-state index contributed by atoms with van der Waals surface area (Å²) in [5, 5.41) is 0. The van der Waals surface area contributed by atoms with Crippen LogP contribution in [0.1, 0.15) is 17.3 Å². The van der Waals surface area contributed by atoms with Crippen LogP contribution >= 0.6 is 28.6 Å². The molecular weight excluding hydrogens is 250 g/mol. The molecule has 1 rings (SSSR count). The second kappa shape index (κ2) is 4.15. The molecule has 0 spiro atoms. The van der Waals surface area contributed by atoms with Crippen molar-refractivity contribution >= 4 is 40.0 Å². The monoisotopic (exact) mass is 259 g/mol. The SMILES string of the molecule is CC(=O)C(Br)c1cccc(N)c1S. The zero-order valence-electron chi connectivity index (χ0n) is 7.12. The molecule has 0 aliphatic rings. The summed E-state index contributed by atoms with van der Waals surface area (Å²) in [6.07, 6.45) is 0. The largest absolute Gasteiger partial charge is 0.398 e. The molecule has 0 aromatic heterocycles. The third-order valence-corrected chi connectivity index (χ3v) is 3.38. The minimum absolute atomic E-state index is 0.0425. The lowest BCUT2D eigenvalue weighted by molar-refractivity contribution is -0.116. The average molecular weight is 260 g/mol. The smallest absolute Gasteiger partial charge is 0.147 e. The second-order valence-corrected chi connectivity index (χ2v) is 4.12. The predicted molar refractivity (Wildman–Crippen MR) is 60.5 cm³/mol. The molecular formula is C9H10BrNOS. The van der Waals surface area contributed by atoms with E-state index >= 15 is 0 Å². The van der Waals surface area contributed by atoms with Gasteiger partial charge in [-0.2, -0.15) is 0 Å². The molecule has 2 nitrogen and oxygen atoms in total. The number of ketones is 1. The molecule has 1 aromatic rings. The van der Waals surface area contributed by atoms with Crippen LogP contribution in [0.15, 0.2) is 23.1 Å². The molecule has 1 aromatic carbocycles. The van der Waals surface area contributed by atoms with Crippen molar-refractivity contribution < 1.29 is 4.79 Å². The van der Waals surface area contributed by atoms with Crippen LogP contribution in [0.2, 0.25) is 0 Å². The molecule has 0 saturated carbocycles. The fourth-order valence-corrected chi connectivity index (χ4v) is 1.84. The summed E-state index contributed by atoms with van der Waals surface area (Å²) in [6.45, 7) is 1.52. The maximum atomic E-state index is 11.1. The number of benzene rings is 1. The number of nitrogen functional groups attached to an aromatic ring is 1. The minimum atomic E-state index is -0.316. The van der Waals surface area contributed by atoms with Crippen molar-refractivity contribution in [3.63, 3.8) is 0 Å². The molecule has 0 radical (unpaired) electrons. The highest BCUT2D eigenvalue weighted by atomic mass is 79.9. The lowest BCUT2D eigenvalue weighted by Crippen LogP contribution is -2.03. The first-order valence-electron chi connectivity index (χ1n) is 3.76. The first-order chi connectivity index (χ1) is 6.04. The Morgan fingerprint density at radius 1 is 1.62 bits per heavy atom. The van der Waals surface area contributed by atoms with E-state index in [1.54, 1.807) is 6.07 Å². The highest BCUT2D eigenvalue weighted by molar-refractivity contribution is 9.09. The van der Waals surface area contributed by atoms with Crippen LogP contribution in [0.25, 0.3) is 0 Å². The van der Waals surface area contributed by atoms with Gasteiger partial charge in [0.1, 0.15) is 5.78 Å². The summed E-state index contributed by atoms with van der Waals surface area (Å²) in [5.41, 5.74) is 7.06. The van der Waals surface area contributed by atoms with Gasteiger partial charge in [-0.3, -0.25) is 4.79 Å². The lowest BCUT2D eigenvalue weighted by Gasteiger charge is -2.10. The molecule has 0 saturated heterocycles. The molecule has 70 valence electrons. The number of alkyl halides is 1.